The Bertz CT molecular complexity index is 1870. The standard InChI is InChI=1S/C32H25ClF2N4O4/c1-41-13-12-39-28(37-27-11-10-23(32(40)42-2)30(33)31(27)39)16-20-8-9-21(15-25(20)35)26-4-3-5-29(38-26)43-18-22-7-6-19(17-36)14-24(22)34/h3-11,14-15H,12-13,16,18H2,1-2H3. The first-order valence-corrected chi connectivity index (χ1v) is 13.5. The van der Waals surface area contributed by atoms with Gasteiger partial charge < -0.3 is 18.8 Å². The molecule has 0 spiro atoms. The van der Waals surface area contributed by atoms with Crippen molar-refractivity contribution in [3.8, 4) is 23.2 Å². The van der Waals surface area contributed by atoms with E-state index in [1.807, 2.05) is 10.6 Å². The maximum absolute atomic E-state index is 15.5. The van der Waals surface area contributed by atoms with Crippen LogP contribution in [0.2, 0.25) is 5.02 Å². The molecule has 3 aromatic carbocycles. The maximum Gasteiger partial charge on any atom is 0.339 e. The van der Waals surface area contributed by atoms with Gasteiger partial charge in [0.15, 0.2) is 0 Å². The Kier molecular flexibility index (Phi) is 8.95. The van der Waals surface area contributed by atoms with E-state index < -0.39 is 17.6 Å². The van der Waals surface area contributed by atoms with Gasteiger partial charge in [-0.3, -0.25) is 0 Å². The molecule has 5 rings (SSSR count). The summed E-state index contributed by atoms with van der Waals surface area (Å²) < 4.78 is 47.3. The highest BCUT2D eigenvalue weighted by Gasteiger charge is 2.21. The van der Waals surface area contributed by atoms with Crippen LogP contribution in [0, 0.1) is 23.0 Å². The molecule has 0 aliphatic heterocycles. The normalized spacial score (nSPS) is 11.0. The van der Waals surface area contributed by atoms with Gasteiger partial charge in [-0.2, -0.15) is 5.26 Å². The van der Waals surface area contributed by atoms with Crippen LogP contribution >= 0.6 is 11.6 Å². The van der Waals surface area contributed by atoms with E-state index >= 15 is 4.39 Å². The lowest BCUT2D eigenvalue weighted by Gasteiger charge is -2.12. The van der Waals surface area contributed by atoms with Crippen LogP contribution in [-0.2, 0) is 29.0 Å². The van der Waals surface area contributed by atoms with Crippen LogP contribution in [-0.4, -0.2) is 41.3 Å². The largest absolute Gasteiger partial charge is 0.473 e. The first-order valence-electron chi connectivity index (χ1n) is 13.1. The topological polar surface area (TPSA) is 99.3 Å². The van der Waals surface area contributed by atoms with E-state index in [0.29, 0.717) is 46.8 Å². The molecule has 0 saturated carbocycles. The summed E-state index contributed by atoms with van der Waals surface area (Å²) in [6, 6.07) is 19.1. The molecule has 11 heteroatoms. The highest BCUT2D eigenvalue weighted by molar-refractivity contribution is 6.38. The Morgan fingerprint density at radius 3 is 2.51 bits per heavy atom. The van der Waals surface area contributed by atoms with Crippen molar-refractivity contribution in [1.29, 1.82) is 5.26 Å². The number of halogens is 3. The van der Waals surface area contributed by atoms with Gasteiger partial charge in [-0.15, -0.1) is 0 Å². The number of nitrogens with zero attached hydrogens (tertiary/aromatic N) is 4. The third kappa shape index (κ3) is 6.33. The number of esters is 1. The van der Waals surface area contributed by atoms with E-state index in [2.05, 4.69) is 9.97 Å². The molecule has 0 atom stereocenters. The first-order chi connectivity index (χ1) is 20.8. The molecule has 0 unspecified atom stereocenters. The quantitative estimate of drug-likeness (QED) is 0.168. The maximum atomic E-state index is 15.5. The molecule has 0 aliphatic rings. The van der Waals surface area contributed by atoms with Crippen molar-refractivity contribution >= 4 is 28.6 Å². The highest BCUT2D eigenvalue weighted by Crippen LogP contribution is 2.31. The van der Waals surface area contributed by atoms with Crippen molar-refractivity contribution in [1.82, 2.24) is 14.5 Å². The summed E-state index contributed by atoms with van der Waals surface area (Å²) >= 11 is 6.60. The van der Waals surface area contributed by atoms with Crippen LogP contribution in [0.5, 0.6) is 5.88 Å². The number of aromatic nitrogens is 3. The molecule has 0 bridgehead atoms. The number of hydrogen-bond acceptors (Lipinski definition) is 7. The summed E-state index contributed by atoms with van der Waals surface area (Å²) in [7, 11) is 2.85. The molecule has 0 saturated heterocycles. The second-order valence-corrected chi connectivity index (χ2v) is 9.89. The monoisotopic (exact) mass is 602 g/mol. The van der Waals surface area contributed by atoms with Crippen LogP contribution in [0.3, 0.4) is 0 Å². The van der Waals surface area contributed by atoms with Crippen LogP contribution < -0.4 is 4.74 Å². The predicted molar refractivity (Wildman–Crippen MR) is 156 cm³/mol. The number of benzene rings is 3. The zero-order valence-corrected chi connectivity index (χ0v) is 24.0. The SMILES string of the molecule is COCCn1c(Cc2ccc(-c3cccc(OCc4ccc(C#N)cc4F)n3)cc2F)nc2ccc(C(=O)OC)c(Cl)c21. The van der Waals surface area contributed by atoms with Gasteiger partial charge in [-0.05, 0) is 42.0 Å². The number of carbonyl (C=O) groups excluding carboxylic acids is 1. The van der Waals surface area contributed by atoms with Crippen molar-refractivity contribution in [2.75, 3.05) is 20.8 Å². The number of ether oxygens (including phenoxy) is 3. The molecule has 0 fully saturated rings. The Labute approximate surface area is 251 Å². The van der Waals surface area contributed by atoms with Gasteiger partial charge >= 0.3 is 5.97 Å². The van der Waals surface area contributed by atoms with Crippen LogP contribution in [0.1, 0.15) is 32.9 Å². The summed E-state index contributed by atoms with van der Waals surface area (Å²) in [6.45, 7) is 0.645. The average molecular weight is 603 g/mol. The number of carbonyl (C=O) groups is 1. The molecular formula is C32H25ClF2N4O4. The fourth-order valence-electron chi connectivity index (χ4n) is 4.62. The number of fused-ring (bicyclic) bond motifs is 1. The molecular weight excluding hydrogens is 578 g/mol. The molecule has 0 amide bonds. The molecule has 2 heterocycles. The summed E-state index contributed by atoms with van der Waals surface area (Å²) in [6.07, 6.45) is 0.154. The molecule has 43 heavy (non-hydrogen) atoms. The fraction of sp³-hybridized carbons (Fsp3) is 0.188. The van der Waals surface area contributed by atoms with Crippen LogP contribution in [0.15, 0.2) is 66.7 Å². The average Bonchev–Trinajstić information content (AvgIpc) is 3.37. The van der Waals surface area contributed by atoms with Gasteiger partial charge in [-0.25, -0.2) is 23.5 Å². The zero-order valence-electron chi connectivity index (χ0n) is 23.2. The van der Waals surface area contributed by atoms with Gasteiger partial charge in [0.2, 0.25) is 5.88 Å². The Balaban J connectivity index is 1.39. The fourth-order valence-corrected chi connectivity index (χ4v) is 4.96. The summed E-state index contributed by atoms with van der Waals surface area (Å²) in [5.74, 6) is -0.794. The lowest BCUT2D eigenvalue weighted by molar-refractivity contribution is 0.0601. The Morgan fingerprint density at radius 1 is 1.00 bits per heavy atom. The van der Waals surface area contributed by atoms with E-state index in [0.717, 1.165) is 6.07 Å². The minimum Gasteiger partial charge on any atom is -0.473 e. The van der Waals surface area contributed by atoms with Crippen molar-refractivity contribution in [3.05, 3.63) is 111 Å². The number of methoxy groups -OCH3 is 2. The van der Waals surface area contributed by atoms with Crippen LogP contribution in [0.25, 0.3) is 22.3 Å². The minimum absolute atomic E-state index is 0.0868. The van der Waals surface area contributed by atoms with Gasteiger partial charge in [0.05, 0.1) is 52.7 Å². The lowest BCUT2D eigenvalue weighted by Crippen LogP contribution is -2.10. The van der Waals surface area contributed by atoms with Gasteiger partial charge in [0, 0.05) is 37.3 Å². The number of hydrogen-bond donors (Lipinski definition) is 0. The smallest absolute Gasteiger partial charge is 0.339 e. The highest BCUT2D eigenvalue weighted by atomic mass is 35.5. The summed E-state index contributed by atoms with van der Waals surface area (Å²) in [5, 5.41) is 9.11. The van der Waals surface area contributed by atoms with E-state index in [1.165, 1.54) is 25.3 Å². The Hall–Kier alpha value is -4.85. The summed E-state index contributed by atoms with van der Waals surface area (Å²) in [5.41, 5.74) is 3.19. The van der Waals surface area contributed by atoms with Gasteiger partial charge in [-0.1, -0.05) is 35.9 Å². The number of imidazole rings is 1. The third-order valence-corrected chi connectivity index (χ3v) is 7.21. The van der Waals surface area contributed by atoms with E-state index in [4.69, 9.17) is 31.1 Å². The van der Waals surface area contributed by atoms with E-state index in [-0.39, 0.29) is 40.6 Å². The van der Waals surface area contributed by atoms with Crippen molar-refractivity contribution in [3.63, 3.8) is 0 Å². The zero-order chi connectivity index (χ0) is 30.5. The minimum atomic E-state index is -0.570. The van der Waals surface area contributed by atoms with Crippen molar-refractivity contribution in [2.24, 2.45) is 0 Å². The van der Waals surface area contributed by atoms with Crippen molar-refractivity contribution in [2.45, 2.75) is 19.6 Å². The lowest BCUT2D eigenvalue weighted by atomic mass is 10.1. The molecule has 5 aromatic rings. The molecule has 8 nitrogen and oxygen atoms in total. The van der Waals surface area contributed by atoms with Crippen molar-refractivity contribution < 1.29 is 27.8 Å². The Morgan fingerprint density at radius 2 is 1.79 bits per heavy atom. The van der Waals surface area contributed by atoms with E-state index in [9.17, 15) is 9.18 Å². The third-order valence-electron chi connectivity index (χ3n) is 6.83. The van der Waals surface area contributed by atoms with E-state index in [1.54, 1.807) is 49.6 Å². The molecule has 0 aliphatic carbocycles. The predicted octanol–water partition coefficient (Wildman–Crippen LogP) is 6.50. The van der Waals surface area contributed by atoms with Gasteiger partial charge in [0.25, 0.3) is 0 Å². The number of pyridine rings is 1. The number of nitriles is 1. The second kappa shape index (κ2) is 13.0. The van der Waals surface area contributed by atoms with Crippen LogP contribution in [0.4, 0.5) is 8.78 Å². The molecule has 2 aromatic heterocycles. The number of rotatable bonds is 10. The summed E-state index contributed by atoms with van der Waals surface area (Å²) in [4.78, 5) is 21.3. The second-order valence-electron chi connectivity index (χ2n) is 9.51. The van der Waals surface area contributed by atoms with Gasteiger partial charge in [0.1, 0.15) is 24.1 Å². The first kappa shape index (κ1) is 29.6. The molecule has 0 N–H and O–H groups in total. The molecule has 218 valence electrons. The molecule has 0 radical (unpaired) electrons.